The van der Waals surface area contributed by atoms with Gasteiger partial charge in [0.25, 0.3) is 0 Å². The molecule has 2 aromatic rings. The molecule has 1 aromatic carbocycles. The molecule has 0 aliphatic carbocycles. The maximum absolute atomic E-state index is 12.8. The maximum Gasteiger partial charge on any atom is 0.416 e. The van der Waals surface area contributed by atoms with Crippen LogP contribution in [-0.2, 0) is 28.7 Å². The van der Waals surface area contributed by atoms with E-state index in [0.717, 1.165) is 31.6 Å². The van der Waals surface area contributed by atoms with E-state index in [0.29, 0.717) is 36.3 Å². The van der Waals surface area contributed by atoms with Crippen LogP contribution in [0.2, 0.25) is 0 Å². The topological polar surface area (TPSA) is 69.4 Å². The van der Waals surface area contributed by atoms with E-state index in [1.807, 2.05) is 0 Å². The summed E-state index contributed by atoms with van der Waals surface area (Å²) in [6.07, 6.45) is 1.68. The molecule has 0 radical (unpaired) electrons. The number of allylic oxidation sites excluding steroid dienone is 4. The van der Waals surface area contributed by atoms with Crippen molar-refractivity contribution in [1.29, 1.82) is 0 Å². The largest absolute Gasteiger partial charge is 0.416 e. The van der Waals surface area contributed by atoms with Crippen molar-refractivity contribution in [3.05, 3.63) is 69.4 Å². The van der Waals surface area contributed by atoms with E-state index in [-0.39, 0.29) is 11.8 Å². The summed E-state index contributed by atoms with van der Waals surface area (Å²) in [5, 5.41) is 4.45. The Morgan fingerprint density at radius 1 is 1.23 bits per heavy atom. The number of aromatic nitrogens is 3. The van der Waals surface area contributed by atoms with Gasteiger partial charge in [-0.15, -0.1) is 11.6 Å². The fourth-order valence-electron chi connectivity index (χ4n) is 3.08. The van der Waals surface area contributed by atoms with Gasteiger partial charge in [0.1, 0.15) is 5.82 Å². The first-order valence-corrected chi connectivity index (χ1v) is 11.7. The van der Waals surface area contributed by atoms with Crippen molar-refractivity contribution in [2.75, 3.05) is 26.3 Å². The molecule has 0 bridgehead atoms. The zero-order valence-electron chi connectivity index (χ0n) is 19.3. The number of carbonyl (C=O) groups is 1. The number of aryl methyl sites for hydroxylation is 1. The molecular weight excluding hydrogens is 508 g/mol. The molecule has 7 nitrogen and oxygen atoms in total. The summed E-state index contributed by atoms with van der Waals surface area (Å²) in [5.74, 6) is 0.390. The van der Waals surface area contributed by atoms with Crippen molar-refractivity contribution in [2.45, 2.75) is 38.4 Å². The summed E-state index contributed by atoms with van der Waals surface area (Å²) in [6, 6.07) is 4.38. The fourth-order valence-corrected chi connectivity index (χ4v) is 3.56. The second-order valence-electron chi connectivity index (χ2n) is 7.48. The zero-order chi connectivity index (χ0) is 26.0. The van der Waals surface area contributed by atoms with Crippen LogP contribution in [0.15, 0.2) is 52.3 Å². The molecule has 1 atom stereocenters. The van der Waals surface area contributed by atoms with Crippen LogP contribution in [0.1, 0.15) is 25.2 Å². The summed E-state index contributed by atoms with van der Waals surface area (Å²) in [7, 11) is 0. The lowest BCUT2D eigenvalue weighted by Crippen LogP contribution is -2.34. The number of halogens is 5. The molecule has 3 rings (SSSR count). The minimum Gasteiger partial charge on any atom is -0.378 e. The van der Waals surface area contributed by atoms with E-state index >= 15 is 0 Å². The third-order valence-corrected chi connectivity index (χ3v) is 5.20. The smallest absolute Gasteiger partial charge is 0.378 e. The number of ether oxygens (including phenoxy) is 1. The van der Waals surface area contributed by atoms with Crippen molar-refractivity contribution < 1.29 is 22.7 Å². The van der Waals surface area contributed by atoms with Gasteiger partial charge in [0.2, 0.25) is 6.41 Å². The van der Waals surface area contributed by atoms with Crippen LogP contribution in [0.4, 0.5) is 13.2 Å². The summed E-state index contributed by atoms with van der Waals surface area (Å²) < 4.78 is 45.8. The highest BCUT2D eigenvalue weighted by Gasteiger charge is 2.30. The van der Waals surface area contributed by atoms with E-state index < -0.39 is 17.4 Å². The lowest BCUT2D eigenvalue weighted by atomic mass is 10.2. The number of hydrogen-bond acceptors (Lipinski definition) is 4. The van der Waals surface area contributed by atoms with E-state index in [4.69, 9.17) is 27.9 Å². The molecule has 35 heavy (non-hydrogen) atoms. The molecule has 1 aromatic heterocycles. The van der Waals surface area contributed by atoms with Gasteiger partial charge in [-0.05, 0) is 50.3 Å². The highest BCUT2D eigenvalue weighted by Crippen LogP contribution is 2.29. The monoisotopic (exact) mass is 534 g/mol. The standard InChI is InChI=1S/C18H18Cl2F3N3O.C5H9NO2/c1-3-25-17(27)26(15-9-7-13(8-10-15)18(21,22)23)16(24-25)6-4-5-14(20)11-12(2)19;7-5-6-1-3-8-4-2-6/h4-5,7-12H,3,6H2,1-2H3;5H,1-4H2/b5-4-,14-11+;. The van der Waals surface area contributed by atoms with Gasteiger partial charge in [-0.25, -0.2) is 14.0 Å². The average molecular weight is 535 g/mol. The van der Waals surface area contributed by atoms with Gasteiger partial charge in [0.05, 0.1) is 29.8 Å². The Bertz CT molecular complexity index is 1070. The first-order chi connectivity index (χ1) is 16.6. The second-order valence-corrected chi connectivity index (χ2v) is 8.61. The highest BCUT2D eigenvalue weighted by atomic mass is 35.5. The maximum atomic E-state index is 12.8. The number of nitrogens with zero attached hydrogens (tertiary/aromatic N) is 4. The van der Waals surface area contributed by atoms with Gasteiger partial charge >= 0.3 is 11.9 Å². The van der Waals surface area contributed by atoms with Crippen molar-refractivity contribution in [3.8, 4) is 5.69 Å². The Labute approximate surface area is 211 Å². The van der Waals surface area contributed by atoms with Gasteiger partial charge in [0.15, 0.2) is 0 Å². The molecule has 2 heterocycles. The Morgan fingerprint density at radius 2 is 1.86 bits per heavy atom. The van der Waals surface area contributed by atoms with Gasteiger partial charge < -0.3 is 9.64 Å². The lowest BCUT2D eigenvalue weighted by molar-refractivity contribution is -0.137. The van der Waals surface area contributed by atoms with Crippen molar-refractivity contribution >= 4 is 29.6 Å². The van der Waals surface area contributed by atoms with E-state index in [1.165, 1.54) is 21.4 Å². The van der Waals surface area contributed by atoms with E-state index in [2.05, 4.69) is 5.10 Å². The minimum absolute atomic E-state index is 0.230. The number of amides is 1. The normalized spacial score (nSPS) is 15.6. The SMILES string of the molecule is CCn1nc(C/C=C\C(Cl)=C/C(C)Cl)n(-c2ccc(C(F)(F)F)cc2)c1=O.O=CN1CCOCC1. The predicted molar refractivity (Wildman–Crippen MR) is 129 cm³/mol. The van der Waals surface area contributed by atoms with Crippen LogP contribution >= 0.6 is 23.2 Å². The van der Waals surface area contributed by atoms with Crippen molar-refractivity contribution in [3.63, 3.8) is 0 Å². The molecule has 1 aliphatic rings. The summed E-state index contributed by atoms with van der Waals surface area (Å²) >= 11 is 11.8. The molecule has 1 saturated heterocycles. The van der Waals surface area contributed by atoms with Crippen molar-refractivity contribution in [2.24, 2.45) is 0 Å². The summed E-state index contributed by atoms with van der Waals surface area (Å²) in [6.45, 7) is 6.76. The number of rotatable bonds is 7. The Morgan fingerprint density at radius 3 is 2.34 bits per heavy atom. The van der Waals surface area contributed by atoms with E-state index in [1.54, 1.807) is 37.0 Å². The molecular formula is C23H27Cl2F3N4O3. The number of hydrogen-bond donors (Lipinski definition) is 0. The quantitative estimate of drug-likeness (QED) is 0.300. The zero-order valence-corrected chi connectivity index (χ0v) is 20.9. The molecule has 12 heteroatoms. The van der Waals surface area contributed by atoms with Crippen LogP contribution in [0.5, 0.6) is 0 Å². The number of carbonyl (C=O) groups excluding carboxylic acids is 1. The minimum atomic E-state index is -4.44. The third kappa shape index (κ3) is 8.87. The Hall–Kier alpha value is -2.56. The van der Waals surface area contributed by atoms with Crippen molar-refractivity contribution in [1.82, 2.24) is 19.2 Å². The summed E-state index contributed by atoms with van der Waals surface area (Å²) in [5.41, 5.74) is -0.889. The van der Waals surface area contributed by atoms with Crippen LogP contribution in [0.25, 0.3) is 5.69 Å². The Kier molecular flexibility index (Phi) is 11.1. The molecule has 192 valence electrons. The molecule has 1 aliphatic heterocycles. The van der Waals surface area contributed by atoms with E-state index in [9.17, 15) is 22.8 Å². The fraction of sp³-hybridized carbons (Fsp3) is 0.435. The first kappa shape index (κ1) is 28.7. The molecule has 1 fully saturated rings. The van der Waals surface area contributed by atoms with Gasteiger partial charge in [0, 0.05) is 31.1 Å². The van der Waals surface area contributed by atoms with Crippen LogP contribution in [0, 0.1) is 0 Å². The van der Waals surface area contributed by atoms with Crippen LogP contribution < -0.4 is 5.69 Å². The van der Waals surface area contributed by atoms with Crippen LogP contribution in [-0.4, -0.2) is 57.3 Å². The van der Waals surface area contributed by atoms with Gasteiger partial charge in [-0.3, -0.25) is 4.79 Å². The number of morpholine rings is 1. The van der Waals surface area contributed by atoms with Crippen LogP contribution in [0.3, 0.4) is 0 Å². The number of benzene rings is 1. The summed E-state index contributed by atoms with van der Waals surface area (Å²) in [4.78, 5) is 24.2. The van der Waals surface area contributed by atoms with Gasteiger partial charge in [-0.1, -0.05) is 17.7 Å². The van der Waals surface area contributed by atoms with Gasteiger partial charge in [-0.2, -0.15) is 18.3 Å². The molecule has 0 spiro atoms. The highest BCUT2D eigenvalue weighted by molar-refractivity contribution is 6.32. The first-order valence-electron chi connectivity index (χ1n) is 10.9. The molecule has 0 N–H and O–H groups in total. The predicted octanol–water partition coefficient (Wildman–Crippen LogP) is 4.40. The molecule has 1 amide bonds. The Balaban J connectivity index is 0.000000456. The lowest BCUT2D eigenvalue weighted by Gasteiger charge is -2.21. The second kappa shape index (κ2) is 13.5. The molecule has 0 saturated carbocycles. The molecule has 1 unspecified atom stereocenters. The number of alkyl halides is 4. The average Bonchev–Trinajstić information content (AvgIpc) is 3.14. The third-order valence-electron chi connectivity index (χ3n) is 4.82.